The molecule has 37 heavy (non-hydrogen) atoms. The van der Waals surface area contributed by atoms with Crippen molar-refractivity contribution in [3.05, 3.63) is 78.6 Å². The minimum absolute atomic E-state index is 0.145. The van der Waals surface area contributed by atoms with Crippen LogP contribution in [0.3, 0.4) is 0 Å². The average Bonchev–Trinajstić information content (AvgIpc) is 2.92. The third-order valence-electron chi connectivity index (χ3n) is 5.12. The van der Waals surface area contributed by atoms with Gasteiger partial charge >= 0.3 is 0 Å². The van der Waals surface area contributed by atoms with Crippen LogP contribution in [0.5, 0.6) is 17.2 Å². The Morgan fingerprint density at radius 2 is 1.54 bits per heavy atom. The first-order valence-corrected chi connectivity index (χ1v) is 12.0. The number of para-hydroxylation sites is 2. The number of ether oxygens (including phenoxy) is 5. The molecule has 0 spiro atoms. The first-order chi connectivity index (χ1) is 18.2. The molecule has 8 heteroatoms. The summed E-state index contributed by atoms with van der Waals surface area (Å²) in [4.78, 5) is 18.5. The lowest BCUT2D eigenvalue weighted by atomic mass is 10.1. The van der Waals surface area contributed by atoms with E-state index in [1.165, 1.54) is 6.92 Å². The molecule has 0 fully saturated rings. The van der Waals surface area contributed by atoms with E-state index in [1.54, 1.807) is 23.4 Å². The van der Waals surface area contributed by atoms with E-state index in [2.05, 4.69) is 10.9 Å². The van der Waals surface area contributed by atoms with Gasteiger partial charge in [0.05, 0.1) is 45.8 Å². The Hall–Kier alpha value is -3.90. The zero-order valence-electron chi connectivity index (χ0n) is 21.0. The van der Waals surface area contributed by atoms with Crippen molar-refractivity contribution in [2.45, 2.75) is 13.5 Å². The predicted molar refractivity (Wildman–Crippen MR) is 141 cm³/mol. The maximum Gasteiger partial charge on any atom is 0.224 e. The van der Waals surface area contributed by atoms with Crippen molar-refractivity contribution in [1.82, 2.24) is 4.98 Å². The van der Waals surface area contributed by atoms with Crippen molar-refractivity contribution < 1.29 is 28.5 Å². The van der Waals surface area contributed by atoms with Gasteiger partial charge in [0, 0.05) is 24.8 Å². The highest BCUT2D eigenvalue weighted by atomic mass is 16.6. The van der Waals surface area contributed by atoms with Crippen LogP contribution in [-0.2, 0) is 25.5 Å². The Labute approximate surface area is 218 Å². The normalized spacial score (nSPS) is 10.5. The maximum atomic E-state index is 12.7. The molecule has 1 aromatic heterocycles. The Kier molecular flexibility index (Phi) is 11.9. The average molecular weight is 505 g/mol. The predicted octanol–water partition coefficient (Wildman–Crippen LogP) is 4.49. The van der Waals surface area contributed by atoms with Gasteiger partial charge in [-0.2, -0.15) is 0 Å². The molecule has 2 aromatic carbocycles. The summed E-state index contributed by atoms with van der Waals surface area (Å²) in [6.07, 6.45) is 8.37. The van der Waals surface area contributed by atoms with Crippen LogP contribution in [0.1, 0.15) is 12.5 Å². The highest BCUT2D eigenvalue weighted by molar-refractivity contribution is 5.93. The lowest BCUT2D eigenvalue weighted by Gasteiger charge is -2.24. The molecular formula is C29H32N2O6. The fourth-order valence-corrected chi connectivity index (χ4v) is 3.37. The molecule has 8 nitrogen and oxygen atoms in total. The van der Waals surface area contributed by atoms with E-state index in [0.29, 0.717) is 69.1 Å². The van der Waals surface area contributed by atoms with E-state index in [9.17, 15) is 4.79 Å². The lowest BCUT2D eigenvalue weighted by Crippen LogP contribution is -2.28. The molecular weight excluding hydrogens is 472 g/mol. The largest absolute Gasteiger partial charge is 0.491 e. The van der Waals surface area contributed by atoms with Crippen LogP contribution >= 0.6 is 0 Å². The fraction of sp³-hybridized carbons (Fsp3) is 0.310. The third kappa shape index (κ3) is 9.58. The van der Waals surface area contributed by atoms with Crippen molar-refractivity contribution in [2.24, 2.45) is 0 Å². The highest BCUT2D eigenvalue weighted by Gasteiger charge is 2.19. The molecule has 0 unspecified atom stereocenters. The van der Waals surface area contributed by atoms with Crippen LogP contribution in [0, 0.1) is 12.3 Å². The number of nitrogens with zero attached hydrogens (tertiary/aromatic N) is 2. The summed E-state index contributed by atoms with van der Waals surface area (Å²) in [5, 5.41) is 0. The topological polar surface area (TPSA) is 79.4 Å². The number of pyridine rings is 1. The Bertz CT molecular complexity index is 1130. The van der Waals surface area contributed by atoms with Crippen LogP contribution in [0.2, 0.25) is 0 Å². The van der Waals surface area contributed by atoms with Crippen LogP contribution in [-0.4, -0.2) is 57.1 Å². The molecule has 0 aliphatic heterocycles. The molecule has 0 atom stereocenters. The summed E-state index contributed by atoms with van der Waals surface area (Å²) in [6, 6.07) is 18.7. The number of hydrogen-bond donors (Lipinski definition) is 0. The van der Waals surface area contributed by atoms with E-state index in [1.807, 2.05) is 54.6 Å². The van der Waals surface area contributed by atoms with Crippen molar-refractivity contribution in [3.8, 4) is 29.6 Å². The quantitative estimate of drug-likeness (QED) is 0.210. The number of amides is 1. The smallest absolute Gasteiger partial charge is 0.224 e. The minimum Gasteiger partial charge on any atom is -0.491 e. The molecule has 1 amide bonds. The van der Waals surface area contributed by atoms with E-state index in [4.69, 9.17) is 30.1 Å². The molecule has 1 heterocycles. The summed E-state index contributed by atoms with van der Waals surface area (Å²) >= 11 is 0. The Morgan fingerprint density at radius 1 is 0.865 bits per heavy atom. The number of hydrogen-bond acceptors (Lipinski definition) is 7. The Balaban J connectivity index is 1.54. The molecule has 0 bridgehead atoms. The third-order valence-corrected chi connectivity index (χ3v) is 5.12. The van der Waals surface area contributed by atoms with Gasteiger partial charge in [0.15, 0.2) is 5.75 Å². The van der Waals surface area contributed by atoms with Gasteiger partial charge < -0.3 is 28.6 Å². The minimum atomic E-state index is -0.145. The van der Waals surface area contributed by atoms with Gasteiger partial charge in [-0.15, -0.1) is 6.42 Å². The molecule has 0 aliphatic carbocycles. The SMILES string of the molecule is C#CCOCCOCCOCCOc1ccccc1CN(C(C)=O)c1cnccc1Oc1ccccc1. The number of aromatic nitrogens is 1. The van der Waals surface area contributed by atoms with E-state index in [0.717, 1.165) is 5.56 Å². The summed E-state index contributed by atoms with van der Waals surface area (Å²) in [6.45, 7) is 4.69. The molecule has 3 rings (SSSR count). The van der Waals surface area contributed by atoms with Gasteiger partial charge in [-0.05, 0) is 18.2 Å². The van der Waals surface area contributed by atoms with Gasteiger partial charge in [0.1, 0.15) is 30.4 Å². The molecule has 0 radical (unpaired) electrons. The first-order valence-electron chi connectivity index (χ1n) is 12.0. The van der Waals surface area contributed by atoms with E-state index < -0.39 is 0 Å². The molecule has 3 aromatic rings. The van der Waals surface area contributed by atoms with Crippen molar-refractivity contribution in [2.75, 3.05) is 51.1 Å². The monoisotopic (exact) mass is 504 g/mol. The van der Waals surface area contributed by atoms with Crippen LogP contribution in [0.15, 0.2) is 73.1 Å². The number of carbonyl (C=O) groups is 1. The van der Waals surface area contributed by atoms with Gasteiger partial charge in [0.2, 0.25) is 5.91 Å². The van der Waals surface area contributed by atoms with E-state index in [-0.39, 0.29) is 12.5 Å². The van der Waals surface area contributed by atoms with Gasteiger partial charge in [-0.1, -0.05) is 42.3 Å². The molecule has 0 saturated heterocycles. The second-order valence-corrected chi connectivity index (χ2v) is 7.80. The highest BCUT2D eigenvalue weighted by Crippen LogP contribution is 2.33. The summed E-state index contributed by atoms with van der Waals surface area (Å²) in [5.41, 5.74) is 1.42. The number of terminal acetylenes is 1. The van der Waals surface area contributed by atoms with E-state index >= 15 is 0 Å². The molecule has 0 N–H and O–H groups in total. The fourth-order valence-electron chi connectivity index (χ4n) is 3.37. The van der Waals surface area contributed by atoms with Gasteiger partial charge in [-0.3, -0.25) is 9.78 Å². The van der Waals surface area contributed by atoms with Crippen LogP contribution < -0.4 is 14.4 Å². The molecule has 194 valence electrons. The van der Waals surface area contributed by atoms with Crippen molar-refractivity contribution in [3.63, 3.8) is 0 Å². The number of anilines is 1. The molecule has 0 aliphatic rings. The number of carbonyl (C=O) groups excluding carboxylic acids is 1. The summed E-state index contributed by atoms with van der Waals surface area (Å²) in [7, 11) is 0. The number of benzene rings is 2. The molecule has 0 saturated carbocycles. The summed E-state index contributed by atoms with van der Waals surface area (Å²) < 4.78 is 28.1. The van der Waals surface area contributed by atoms with Crippen molar-refractivity contribution >= 4 is 11.6 Å². The lowest BCUT2D eigenvalue weighted by molar-refractivity contribution is -0.116. The Morgan fingerprint density at radius 3 is 2.27 bits per heavy atom. The van der Waals surface area contributed by atoms with Crippen LogP contribution in [0.4, 0.5) is 5.69 Å². The summed E-state index contributed by atoms with van der Waals surface area (Å²) in [5.74, 6) is 4.14. The zero-order valence-corrected chi connectivity index (χ0v) is 21.0. The van der Waals surface area contributed by atoms with Gasteiger partial charge in [0.25, 0.3) is 0 Å². The second-order valence-electron chi connectivity index (χ2n) is 7.80. The van der Waals surface area contributed by atoms with Crippen LogP contribution in [0.25, 0.3) is 0 Å². The maximum absolute atomic E-state index is 12.7. The number of rotatable bonds is 16. The first kappa shape index (κ1) is 27.7. The zero-order chi connectivity index (χ0) is 26.1. The van der Waals surface area contributed by atoms with Gasteiger partial charge in [-0.25, -0.2) is 0 Å². The standard InChI is InChI=1S/C29H32N2O6/c1-3-15-33-16-17-34-18-19-35-20-21-36-28-12-8-7-9-25(28)23-31(24(2)32)27-22-30-14-13-29(27)37-26-10-5-4-6-11-26/h1,4-14,22H,15-21,23H2,2H3. The van der Waals surface area contributed by atoms with Crippen molar-refractivity contribution in [1.29, 1.82) is 0 Å². The second kappa shape index (κ2) is 16.0.